The maximum atomic E-state index is 11.8. The molecule has 0 aromatic heterocycles. The zero-order valence-electron chi connectivity index (χ0n) is 14.1. The van der Waals surface area contributed by atoms with Gasteiger partial charge in [-0.2, -0.15) is 0 Å². The third-order valence-corrected chi connectivity index (χ3v) is 3.63. The van der Waals surface area contributed by atoms with Gasteiger partial charge in [-0.3, -0.25) is 14.5 Å². The molecule has 0 spiro atoms. The molecule has 1 aliphatic rings. The Labute approximate surface area is 137 Å². The largest absolute Gasteiger partial charge is 0.490 e. The lowest BCUT2D eigenvalue weighted by Crippen LogP contribution is -2.42. The molecular weight excluding hydrogens is 294 g/mol. The Morgan fingerprint density at radius 1 is 1.22 bits per heavy atom. The topological polar surface area (TPSA) is 55.8 Å². The van der Waals surface area contributed by atoms with Crippen molar-refractivity contribution < 1.29 is 19.1 Å². The van der Waals surface area contributed by atoms with E-state index in [4.69, 9.17) is 9.47 Å². The Bertz CT molecular complexity index is 525. The number of aldehydes is 1. The van der Waals surface area contributed by atoms with Crippen molar-refractivity contribution in [2.45, 2.75) is 45.3 Å². The van der Waals surface area contributed by atoms with E-state index in [2.05, 4.69) is 4.90 Å². The summed E-state index contributed by atoms with van der Waals surface area (Å²) in [5.41, 5.74) is 0.205. The lowest BCUT2D eigenvalue weighted by atomic mass is 10.1. The Balaban J connectivity index is 1.75. The first-order chi connectivity index (χ1) is 10.9. The molecule has 5 nitrogen and oxygen atoms in total. The molecule has 0 saturated carbocycles. The second kappa shape index (κ2) is 7.59. The summed E-state index contributed by atoms with van der Waals surface area (Å²) in [5, 5.41) is 0. The lowest BCUT2D eigenvalue weighted by Gasteiger charge is -2.32. The number of carbonyl (C=O) groups is 2. The minimum atomic E-state index is -0.438. The standard InChI is InChI=1S/C18H25NO4/c1-18(2,3)23-17(21)12-19-10-8-16(9-11-19)22-15-6-4-14(13-20)5-7-15/h4-7,13,16H,8-12H2,1-3H3. The highest BCUT2D eigenvalue weighted by Crippen LogP contribution is 2.19. The molecular formula is C18H25NO4. The smallest absolute Gasteiger partial charge is 0.320 e. The quantitative estimate of drug-likeness (QED) is 0.617. The van der Waals surface area contributed by atoms with E-state index in [0.29, 0.717) is 12.1 Å². The fourth-order valence-corrected chi connectivity index (χ4v) is 2.56. The number of ether oxygens (including phenoxy) is 2. The van der Waals surface area contributed by atoms with Crippen LogP contribution in [0, 0.1) is 0 Å². The number of carbonyl (C=O) groups excluding carboxylic acids is 2. The number of likely N-dealkylation sites (tertiary alicyclic amines) is 1. The Morgan fingerprint density at radius 3 is 2.35 bits per heavy atom. The maximum absolute atomic E-state index is 11.8. The highest BCUT2D eigenvalue weighted by Gasteiger charge is 2.24. The van der Waals surface area contributed by atoms with Gasteiger partial charge in [0.25, 0.3) is 0 Å². The molecule has 0 radical (unpaired) electrons. The van der Waals surface area contributed by atoms with Gasteiger partial charge in [-0.25, -0.2) is 0 Å². The van der Waals surface area contributed by atoms with Crippen molar-refractivity contribution in [3.63, 3.8) is 0 Å². The van der Waals surface area contributed by atoms with Crippen molar-refractivity contribution in [3.8, 4) is 5.75 Å². The van der Waals surface area contributed by atoms with Crippen LogP contribution in [-0.2, 0) is 9.53 Å². The van der Waals surface area contributed by atoms with Gasteiger partial charge in [-0.1, -0.05) is 0 Å². The van der Waals surface area contributed by atoms with Gasteiger partial charge in [0.05, 0.1) is 6.54 Å². The van der Waals surface area contributed by atoms with E-state index in [-0.39, 0.29) is 12.1 Å². The second-order valence-electron chi connectivity index (χ2n) is 6.87. The van der Waals surface area contributed by atoms with E-state index >= 15 is 0 Å². The highest BCUT2D eigenvalue weighted by atomic mass is 16.6. The highest BCUT2D eigenvalue weighted by molar-refractivity contribution is 5.74. The lowest BCUT2D eigenvalue weighted by molar-refractivity contribution is -0.156. The minimum Gasteiger partial charge on any atom is -0.490 e. The normalized spacial score (nSPS) is 16.8. The van der Waals surface area contributed by atoms with E-state index in [1.165, 1.54) is 0 Å². The van der Waals surface area contributed by atoms with E-state index < -0.39 is 5.60 Å². The maximum Gasteiger partial charge on any atom is 0.320 e. The first-order valence-electron chi connectivity index (χ1n) is 8.02. The number of rotatable bonds is 5. The third kappa shape index (κ3) is 6.02. The zero-order valence-corrected chi connectivity index (χ0v) is 14.1. The molecule has 1 saturated heterocycles. The molecule has 126 valence electrons. The summed E-state index contributed by atoms with van der Waals surface area (Å²) < 4.78 is 11.3. The first kappa shape index (κ1) is 17.5. The summed E-state index contributed by atoms with van der Waals surface area (Å²) in [6.07, 6.45) is 2.71. The second-order valence-corrected chi connectivity index (χ2v) is 6.87. The number of nitrogens with zero attached hydrogens (tertiary/aromatic N) is 1. The van der Waals surface area contributed by atoms with Gasteiger partial charge in [-0.05, 0) is 57.9 Å². The van der Waals surface area contributed by atoms with Crippen molar-refractivity contribution in [2.75, 3.05) is 19.6 Å². The summed E-state index contributed by atoms with van der Waals surface area (Å²) in [6.45, 7) is 7.59. The molecule has 5 heteroatoms. The molecule has 1 aliphatic heterocycles. The molecule has 1 aromatic rings. The molecule has 1 fully saturated rings. The molecule has 23 heavy (non-hydrogen) atoms. The van der Waals surface area contributed by atoms with Gasteiger partial charge in [0.15, 0.2) is 0 Å². The number of hydrogen-bond donors (Lipinski definition) is 0. The van der Waals surface area contributed by atoms with Crippen LogP contribution < -0.4 is 4.74 Å². The Kier molecular flexibility index (Phi) is 5.77. The number of piperidine rings is 1. The van der Waals surface area contributed by atoms with Crippen molar-refractivity contribution >= 4 is 12.3 Å². The summed E-state index contributed by atoms with van der Waals surface area (Å²) in [6, 6.07) is 7.13. The van der Waals surface area contributed by atoms with E-state index in [1.54, 1.807) is 12.1 Å². The van der Waals surface area contributed by atoms with Gasteiger partial charge in [0, 0.05) is 18.7 Å². The average Bonchev–Trinajstić information content (AvgIpc) is 2.48. The summed E-state index contributed by atoms with van der Waals surface area (Å²) >= 11 is 0. The van der Waals surface area contributed by atoms with Crippen molar-refractivity contribution in [1.82, 2.24) is 4.90 Å². The SMILES string of the molecule is CC(C)(C)OC(=O)CN1CCC(Oc2ccc(C=O)cc2)CC1. The number of hydrogen-bond acceptors (Lipinski definition) is 5. The molecule has 0 amide bonds. The molecule has 0 unspecified atom stereocenters. The van der Waals surface area contributed by atoms with Gasteiger partial charge >= 0.3 is 5.97 Å². The molecule has 0 bridgehead atoms. The zero-order chi connectivity index (χ0) is 16.9. The van der Waals surface area contributed by atoms with Gasteiger partial charge in [0.2, 0.25) is 0 Å². The van der Waals surface area contributed by atoms with E-state index in [9.17, 15) is 9.59 Å². The predicted octanol–water partition coefficient (Wildman–Crippen LogP) is 2.68. The minimum absolute atomic E-state index is 0.145. The van der Waals surface area contributed by atoms with E-state index in [1.807, 2.05) is 32.9 Å². The predicted molar refractivity (Wildman–Crippen MR) is 87.8 cm³/mol. The Morgan fingerprint density at radius 2 is 1.83 bits per heavy atom. The average molecular weight is 319 g/mol. The monoisotopic (exact) mass is 319 g/mol. The summed E-state index contributed by atoms with van der Waals surface area (Å²) in [4.78, 5) is 24.6. The molecule has 1 aromatic carbocycles. The fourth-order valence-electron chi connectivity index (χ4n) is 2.56. The Hall–Kier alpha value is -1.88. The molecule has 0 N–H and O–H groups in total. The van der Waals surface area contributed by atoms with Crippen LogP contribution in [0.3, 0.4) is 0 Å². The number of esters is 1. The fraction of sp³-hybridized carbons (Fsp3) is 0.556. The molecule has 0 atom stereocenters. The van der Waals surface area contributed by atoms with Crippen LogP contribution in [0.4, 0.5) is 0 Å². The molecule has 2 rings (SSSR count). The van der Waals surface area contributed by atoms with Gasteiger partial charge in [-0.15, -0.1) is 0 Å². The van der Waals surface area contributed by atoms with Crippen LogP contribution in [0.1, 0.15) is 44.0 Å². The van der Waals surface area contributed by atoms with Crippen LogP contribution in [-0.4, -0.2) is 48.5 Å². The first-order valence-corrected chi connectivity index (χ1v) is 8.02. The third-order valence-electron chi connectivity index (χ3n) is 3.63. The number of benzene rings is 1. The molecule has 0 aliphatic carbocycles. The van der Waals surface area contributed by atoms with Crippen molar-refractivity contribution in [3.05, 3.63) is 29.8 Å². The van der Waals surface area contributed by atoms with Crippen molar-refractivity contribution in [1.29, 1.82) is 0 Å². The van der Waals surface area contributed by atoms with Crippen LogP contribution in [0.25, 0.3) is 0 Å². The summed E-state index contributed by atoms with van der Waals surface area (Å²) in [7, 11) is 0. The van der Waals surface area contributed by atoms with Crippen LogP contribution in [0.15, 0.2) is 24.3 Å². The summed E-state index contributed by atoms with van der Waals surface area (Å²) in [5.74, 6) is 0.600. The molecule has 1 heterocycles. The van der Waals surface area contributed by atoms with Crippen LogP contribution in [0.2, 0.25) is 0 Å². The van der Waals surface area contributed by atoms with E-state index in [0.717, 1.165) is 38.0 Å². The van der Waals surface area contributed by atoms with Gasteiger partial charge < -0.3 is 9.47 Å². The van der Waals surface area contributed by atoms with Crippen LogP contribution in [0.5, 0.6) is 5.75 Å². The van der Waals surface area contributed by atoms with Crippen molar-refractivity contribution in [2.24, 2.45) is 0 Å². The van der Waals surface area contributed by atoms with Crippen LogP contribution >= 0.6 is 0 Å². The van der Waals surface area contributed by atoms with Gasteiger partial charge in [0.1, 0.15) is 23.7 Å².